The summed E-state index contributed by atoms with van der Waals surface area (Å²) < 4.78 is 5.76. The summed E-state index contributed by atoms with van der Waals surface area (Å²) in [5, 5.41) is 1.11. The molecule has 0 N–H and O–H groups in total. The standard InChI is InChI=1S/C14H17N3O/c1-10-7-17(8-11(2)18-10)14-12-5-3-4-6-13(12)15-9-16-14/h3-6,9-11H,7-8H2,1-2H3/t10-,11-/m1/s1. The summed E-state index contributed by atoms with van der Waals surface area (Å²) in [7, 11) is 0. The van der Waals surface area contributed by atoms with Crippen LogP contribution >= 0.6 is 0 Å². The third-order valence-corrected chi connectivity index (χ3v) is 3.24. The highest BCUT2D eigenvalue weighted by Gasteiger charge is 2.24. The second kappa shape index (κ2) is 4.53. The zero-order valence-electron chi connectivity index (χ0n) is 10.7. The summed E-state index contributed by atoms with van der Waals surface area (Å²) in [6, 6.07) is 8.13. The van der Waals surface area contributed by atoms with E-state index < -0.39 is 0 Å². The number of benzene rings is 1. The lowest BCUT2D eigenvalue weighted by Gasteiger charge is -2.36. The van der Waals surface area contributed by atoms with E-state index in [4.69, 9.17) is 4.74 Å². The second-order valence-corrected chi connectivity index (χ2v) is 4.88. The summed E-state index contributed by atoms with van der Waals surface area (Å²) in [4.78, 5) is 11.1. The van der Waals surface area contributed by atoms with Gasteiger partial charge >= 0.3 is 0 Å². The maximum atomic E-state index is 5.76. The first kappa shape index (κ1) is 11.4. The van der Waals surface area contributed by atoms with Crippen LogP contribution in [0.4, 0.5) is 5.82 Å². The Morgan fingerprint density at radius 2 is 1.83 bits per heavy atom. The van der Waals surface area contributed by atoms with E-state index in [0.29, 0.717) is 0 Å². The Balaban J connectivity index is 2.03. The van der Waals surface area contributed by atoms with Gasteiger partial charge in [0.1, 0.15) is 12.1 Å². The highest BCUT2D eigenvalue weighted by molar-refractivity contribution is 5.89. The van der Waals surface area contributed by atoms with Crippen LogP contribution in [-0.2, 0) is 4.74 Å². The average Bonchev–Trinajstić information content (AvgIpc) is 2.37. The van der Waals surface area contributed by atoms with Crippen LogP contribution in [0.25, 0.3) is 10.9 Å². The Morgan fingerprint density at radius 3 is 2.61 bits per heavy atom. The van der Waals surface area contributed by atoms with Gasteiger partial charge in [-0.1, -0.05) is 12.1 Å². The second-order valence-electron chi connectivity index (χ2n) is 4.88. The first-order valence-corrected chi connectivity index (χ1v) is 6.34. The van der Waals surface area contributed by atoms with Crippen LogP contribution < -0.4 is 4.90 Å². The van der Waals surface area contributed by atoms with Gasteiger partial charge in [-0.05, 0) is 26.0 Å². The van der Waals surface area contributed by atoms with E-state index in [1.807, 2.05) is 18.2 Å². The number of hydrogen-bond donors (Lipinski definition) is 0. The van der Waals surface area contributed by atoms with Crippen LogP contribution in [0.15, 0.2) is 30.6 Å². The SMILES string of the molecule is C[C@@H]1CN(c2ncnc3ccccc23)C[C@@H](C)O1. The van der Waals surface area contributed by atoms with Crippen LogP contribution in [0.3, 0.4) is 0 Å². The predicted octanol–water partition coefficient (Wildman–Crippen LogP) is 2.24. The van der Waals surface area contributed by atoms with E-state index in [0.717, 1.165) is 29.8 Å². The number of ether oxygens (including phenoxy) is 1. The van der Waals surface area contributed by atoms with Crippen LogP contribution in [0.5, 0.6) is 0 Å². The van der Waals surface area contributed by atoms with Gasteiger partial charge in [-0.15, -0.1) is 0 Å². The van der Waals surface area contributed by atoms with Gasteiger partial charge < -0.3 is 9.64 Å². The molecule has 2 atom stereocenters. The van der Waals surface area contributed by atoms with Gasteiger partial charge in [0.25, 0.3) is 0 Å². The van der Waals surface area contributed by atoms with Crippen molar-refractivity contribution in [3.63, 3.8) is 0 Å². The largest absolute Gasteiger partial charge is 0.372 e. The lowest BCUT2D eigenvalue weighted by Crippen LogP contribution is -2.45. The molecular formula is C14H17N3O. The number of morpholine rings is 1. The fraction of sp³-hybridized carbons (Fsp3) is 0.429. The molecule has 2 aromatic rings. The average molecular weight is 243 g/mol. The van der Waals surface area contributed by atoms with Crippen molar-refractivity contribution in [1.82, 2.24) is 9.97 Å². The number of aromatic nitrogens is 2. The molecule has 1 aliphatic heterocycles. The Bertz CT molecular complexity index is 542. The molecule has 0 aliphatic carbocycles. The van der Waals surface area contributed by atoms with E-state index >= 15 is 0 Å². The summed E-state index contributed by atoms with van der Waals surface area (Å²) in [6.45, 7) is 5.97. The van der Waals surface area contributed by atoms with Gasteiger partial charge in [0, 0.05) is 18.5 Å². The Labute approximate surface area is 107 Å². The molecule has 0 spiro atoms. The number of hydrogen-bond acceptors (Lipinski definition) is 4. The molecule has 1 aromatic carbocycles. The minimum absolute atomic E-state index is 0.238. The van der Waals surface area contributed by atoms with Crippen molar-refractivity contribution >= 4 is 16.7 Å². The highest BCUT2D eigenvalue weighted by atomic mass is 16.5. The lowest BCUT2D eigenvalue weighted by atomic mass is 10.2. The summed E-state index contributed by atoms with van der Waals surface area (Å²) in [5.74, 6) is 1.02. The molecule has 0 bridgehead atoms. The Hall–Kier alpha value is -1.68. The molecule has 0 unspecified atom stereocenters. The smallest absolute Gasteiger partial charge is 0.140 e. The monoisotopic (exact) mass is 243 g/mol. The molecule has 1 fully saturated rings. The first-order chi connectivity index (χ1) is 8.74. The molecule has 1 aromatic heterocycles. The molecule has 0 amide bonds. The number of rotatable bonds is 1. The summed E-state index contributed by atoms with van der Waals surface area (Å²) >= 11 is 0. The molecule has 3 rings (SSSR count). The van der Waals surface area contributed by atoms with Crippen LogP contribution in [0.2, 0.25) is 0 Å². The van der Waals surface area contributed by atoms with Crippen molar-refractivity contribution in [2.45, 2.75) is 26.1 Å². The van der Waals surface area contributed by atoms with E-state index in [2.05, 4.69) is 34.8 Å². The molecule has 2 heterocycles. The minimum Gasteiger partial charge on any atom is -0.372 e. The topological polar surface area (TPSA) is 38.2 Å². The van der Waals surface area contributed by atoms with Crippen LogP contribution in [0.1, 0.15) is 13.8 Å². The van der Waals surface area contributed by atoms with Gasteiger partial charge in [-0.3, -0.25) is 0 Å². The molecule has 0 radical (unpaired) electrons. The molecule has 1 aliphatic rings. The third-order valence-electron chi connectivity index (χ3n) is 3.24. The predicted molar refractivity (Wildman–Crippen MR) is 71.8 cm³/mol. The molecular weight excluding hydrogens is 226 g/mol. The fourth-order valence-corrected chi connectivity index (χ4v) is 2.59. The maximum Gasteiger partial charge on any atom is 0.140 e. The number of anilines is 1. The molecule has 4 nitrogen and oxygen atoms in total. The third kappa shape index (κ3) is 2.04. The van der Waals surface area contributed by atoms with Crippen molar-refractivity contribution in [2.75, 3.05) is 18.0 Å². The van der Waals surface area contributed by atoms with Crippen molar-refractivity contribution in [2.24, 2.45) is 0 Å². The van der Waals surface area contributed by atoms with Gasteiger partial charge in [0.2, 0.25) is 0 Å². The quantitative estimate of drug-likeness (QED) is 0.770. The van der Waals surface area contributed by atoms with E-state index in [-0.39, 0.29) is 12.2 Å². The van der Waals surface area contributed by atoms with Crippen molar-refractivity contribution in [3.8, 4) is 0 Å². The first-order valence-electron chi connectivity index (χ1n) is 6.34. The number of fused-ring (bicyclic) bond motifs is 1. The molecule has 4 heteroatoms. The van der Waals surface area contributed by atoms with Gasteiger partial charge in [0.05, 0.1) is 17.7 Å². The van der Waals surface area contributed by atoms with Gasteiger partial charge in [0.15, 0.2) is 0 Å². The molecule has 94 valence electrons. The van der Waals surface area contributed by atoms with E-state index in [1.165, 1.54) is 0 Å². The maximum absolute atomic E-state index is 5.76. The van der Waals surface area contributed by atoms with Crippen molar-refractivity contribution < 1.29 is 4.74 Å². The summed E-state index contributed by atoms with van der Waals surface area (Å²) in [5.41, 5.74) is 0.995. The van der Waals surface area contributed by atoms with Crippen LogP contribution in [0, 0.1) is 0 Å². The van der Waals surface area contributed by atoms with Crippen molar-refractivity contribution in [1.29, 1.82) is 0 Å². The van der Waals surface area contributed by atoms with E-state index in [9.17, 15) is 0 Å². The normalized spacial score (nSPS) is 24.4. The minimum atomic E-state index is 0.238. The molecule has 18 heavy (non-hydrogen) atoms. The highest BCUT2D eigenvalue weighted by Crippen LogP contribution is 2.25. The van der Waals surface area contributed by atoms with Crippen LogP contribution in [-0.4, -0.2) is 35.3 Å². The zero-order valence-corrected chi connectivity index (χ0v) is 10.7. The Morgan fingerprint density at radius 1 is 1.11 bits per heavy atom. The van der Waals surface area contributed by atoms with Gasteiger partial charge in [-0.2, -0.15) is 0 Å². The summed E-state index contributed by atoms with van der Waals surface area (Å²) in [6.07, 6.45) is 2.12. The van der Waals surface area contributed by atoms with Gasteiger partial charge in [-0.25, -0.2) is 9.97 Å². The molecule has 1 saturated heterocycles. The van der Waals surface area contributed by atoms with E-state index in [1.54, 1.807) is 6.33 Å². The fourth-order valence-electron chi connectivity index (χ4n) is 2.59. The Kier molecular flexibility index (Phi) is 2.88. The number of nitrogens with zero attached hydrogens (tertiary/aromatic N) is 3. The zero-order chi connectivity index (χ0) is 12.5. The van der Waals surface area contributed by atoms with Crippen molar-refractivity contribution in [3.05, 3.63) is 30.6 Å². The lowest BCUT2D eigenvalue weighted by molar-refractivity contribution is -0.00537. The molecule has 0 saturated carbocycles. The number of para-hydroxylation sites is 1.